The number of aliphatic hydroxyl groups excluding tert-OH is 1. The molecule has 0 bridgehead atoms. The normalized spacial score (nSPS) is 10.2. The molecule has 5 nitrogen and oxygen atoms in total. The lowest BCUT2D eigenvalue weighted by atomic mass is 10.2. The van der Waals surface area contributed by atoms with Crippen molar-refractivity contribution in [1.29, 1.82) is 0 Å². The van der Waals surface area contributed by atoms with Crippen molar-refractivity contribution < 1.29 is 14.7 Å². The Morgan fingerprint density at radius 1 is 1.30 bits per heavy atom. The van der Waals surface area contributed by atoms with E-state index in [0.29, 0.717) is 16.6 Å². The van der Waals surface area contributed by atoms with Crippen LogP contribution in [0.5, 0.6) is 0 Å². The third-order valence-corrected chi connectivity index (χ3v) is 3.43. The van der Waals surface area contributed by atoms with E-state index in [2.05, 4.69) is 21.2 Å². The van der Waals surface area contributed by atoms with E-state index in [9.17, 15) is 9.59 Å². The van der Waals surface area contributed by atoms with Crippen LogP contribution in [0.2, 0.25) is 0 Å². The molecule has 0 aromatic heterocycles. The van der Waals surface area contributed by atoms with Crippen molar-refractivity contribution >= 4 is 27.7 Å². The summed E-state index contributed by atoms with van der Waals surface area (Å²) < 4.78 is 0.686. The van der Waals surface area contributed by atoms with E-state index in [0.717, 1.165) is 6.42 Å². The summed E-state index contributed by atoms with van der Waals surface area (Å²) in [5.74, 6) is -0.493. The van der Waals surface area contributed by atoms with Gasteiger partial charge in [0.25, 0.3) is 5.91 Å². The fraction of sp³-hybridized carbons (Fsp3) is 0.429. The standard InChI is InChI=1S/C14H19BrN2O3/c1-2-7-17(8-9-18)13(19)10-16-14(20)11-5-3-4-6-12(11)15/h3-6,18H,2,7-10H2,1H3,(H,16,20). The Labute approximate surface area is 127 Å². The molecule has 0 heterocycles. The third kappa shape index (κ3) is 4.94. The Morgan fingerprint density at radius 3 is 2.60 bits per heavy atom. The highest BCUT2D eigenvalue weighted by Crippen LogP contribution is 2.15. The van der Waals surface area contributed by atoms with Gasteiger partial charge in [-0.1, -0.05) is 19.1 Å². The Bertz CT molecular complexity index is 459. The molecule has 0 spiro atoms. The van der Waals surface area contributed by atoms with Gasteiger partial charge in [0.15, 0.2) is 0 Å². The lowest BCUT2D eigenvalue weighted by Crippen LogP contribution is -2.41. The Kier molecular flexibility index (Phi) is 7.25. The number of benzene rings is 1. The zero-order valence-electron chi connectivity index (χ0n) is 11.4. The van der Waals surface area contributed by atoms with Gasteiger partial charge in [0.1, 0.15) is 0 Å². The van der Waals surface area contributed by atoms with Crippen LogP contribution in [0.25, 0.3) is 0 Å². The van der Waals surface area contributed by atoms with Gasteiger partial charge in [-0.15, -0.1) is 0 Å². The van der Waals surface area contributed by atoms with E-state index in [4.69, 9.17) is 5.11 Å². The number of halogens is 1. The van der Waals surface area contributed by atoms with Crippen molar-refractivity contribution in [3.63, 3.8) is 0 Å². The lowest BCUT2D eigenvalue weighted by Gasteiger charge is -2.21. The average molecular weight is 343 g/mol. The second-order valence-electron chi connectivity index (χ2n) is 4.27. The highest BCUT2D eigenvalue weighted by molar-refractivity contribution is 9.10. The van der Waals surface area contributed by atoms with Gasteiger partial charge >= 0.3 is 0 Å². The molecule has 0 saturated carbocycles. The molecular weight excluding hydrogens is 324 g/mol. The summed E-state index contributed by atoms with van der Waals surface area (Å²) in [4.78, 5) is 25.4. The molecule has 20 heavy (non-hydrogen) atoms. The molecule has 1 aromatic carbocycles. The second-order valence-corrected chi connectivity index (χ2v) is 5.12. The van der Waals surface area contributed by atoms with Crippen molar-refractivity contribution in [3.05, 3.63) is 34.3 Å². The molecule has 0 atom stereocenters. The molecule has 0 saturated heterocycles. The van der Waals surface area contributed by atoms with Crippen LogP contribution in [-0.2, 0) is 4.79 Å². The van der Waals surface area contributed by atoms with Gasteiger partial charge in [-0.25, -0.2) is 0 Å². The molecule has 2 N–H and O–H groups in total. The zero-order valence-corrected chi connectivity index (χ0v) is 13.0. The van der Waals surface area contributed by atoms with Crippen LogP contribution in [-0.4, -0.2) is 48.1 Å². The van der Waals surface area contributed by atoms with Crippen molar-refractivity contribution in [3.8, 4) is 0 Å². The quantitative estimate of drug-likeness (QED) is 0.787. The summed E-state index contributed by atoms with van der Waals surface area (Å²) in [5, 5.41) is 11.5. The largest absolute Gasteiger partial charge is 0.395 e. The summed E-state index contributed by atoms with van der Waals surface area (Å²) >= 11 is 3.29. The van der Waals surface area contributed by atoms with E-state index in [1.807, 2.05) is 13.0 Å². The van der Waals surface area contributed by atoms with Crippen molar-refractivity contribution in [2.75, 3.05) is 26.2 Å². The van der Waals surface area contributed by atoms with Crippen LogP contribution >= 0.6 is 15.9 Å². The number of hydrogen-bond donors (Lipinski definition) is 2. The first-order valence-corrected chi connectivity index (χ1v) is 7.30. The van der Waals surface area contributed by atoms with Crippen LogP contribution in [0, 0.1) is 0 Å². The van der Waals surface area contributed by atoms with Gasteiger partial charge in [-0.3, -0.25) is 9.59 Å². The van der Waals surface area contributed by atoms with Crippen LogP contribution in [0.3, 0.4) is 0 Å². The fourth-order valence-electron chi connectivity index (χ4n) is 1.76. The van der Waals surface area contributed by atoms with E-state index in [1.54, 1.807) is 23.1 Å². The highest BCUT2D eigenvalue weighted by Gasteiger charge is 2.14. The highest BCUT2D eigenvalue weighted by atomic mass is 79.9. The maximum absolute atomic E-state index is 11.9. The number of nitrogens with one attached hydrogen (secondary N) is 1. The van der Waals surface area contributed by atoms with Crippen molar-refractivity contribution in [2.45, 2.75) is 13.3 Å². The van der Waals surface area contributed by atoms with Gasteiger partial charge < -0.3 is 15.3 Å². The number of aliphatic hydroxyl groups is 1. The number of hydrogen-bond acceptors (Lipinski definition) is 3. The van der Waals surface area contributed by atoms with Gasteiger partial charge in [-0.05, 0) is 34.5 Å². The van der Waals surface area contributed by atoms with E-state index in [1.165, 1.54) is 0 Å². The SMILES string of the molecule is CCCN(CCO)C(=O)CNC(=O)c1ccccc1Br. The van der Waals surface area contributed by atoms with E-state index < -0.39 is 0 Å². The first-order valence-electron chi connectivity index (χ1n) is 6.51. The first-order chi connectivity index (χ1) is 9.60. The number of carbonyl (C=O) groups excluding carboxylic acids is 2. The topological polar surface area (TPSA) is 69.6 Å². The smallest absolute Gasteiger partial charge is 0.252 e. The average Bonchev–Trinajstić information content (AvgIpc) is 2.44. The number of amides is 2. The summed E-state index contributed by atoms with van der Waals surface area (Å²) in [6.07, 6.45) is 0.809. The lowest BCUT2D eigenvalue weighted by molar-refractivity contribution is -0.130. The monoisotopic (exact) mass is 342 g/mol. The predicted octanol–water partition coefficient (Wildman–Crippen LogP) is 1.41. The molecule has 1 aromatic rings. The molecular formula is C14H19BrN2O3. The summed E-state index contributed by atoms with van der Waals surface area (Å²) in [5.41, 5.74) is 0.490. The minimum absolute atomic E-state index is 0.0693. The van der Waals surface area contributed by atoms with Crippen LogP contribution in [0.1, 0.15) is 23.7 Å². The second kappa shape index (κ2) is 8.71. The maximum atomic E-state index is 11.9. The van der Waals surface area contributed by atoms with Crippen LogP contribution in [0.4, 0.5) is 0 Å². The molecule has 1 rings (SSSR count). The Balaban J connectivity index is 2.55. The number of rotatable bonds is 7. The molecule has 0 unspecified atom stereocenters. The minimum Gasteiger partial charge on any atom is -0.395 e. The molecule has 0 aliphatic rings. The summed E-state index contributed by atoms with van der Waals surface area (Å²) in [6.45, 7) is 2.67. The predicted molar refractivity (Wildman–Crippen MR) is 80.4 cm³/mol. The molecule has 2 amide bonds. The van der Waals surface area contributed by atoms with Gasteiger partial charge in [0.2, 0.25) is 5.91 Å². The van der Waals surface area contributed by atoms with Gasteiger partial charge in [0.05, 0.1) is 18.7 Å². The fourth-order valence-corrected chi connectivity index (χ4v) is 2.22. The van der Waals surface area contributed by atoms with Crippen LogP contribution < -0.4 is 5.32 Å². The van der Waals surface area contributed by atoms with E-state index >= 15 is 0 Å². The number of nitrogens with zero attached hydrogens (tertiary/aromatic N) is 1. The summed E-state index contributed by atoms with van der Waals surface area (Å²) in [6, 6.07) is 7.03. The first kappa shape index (κ1) is 16.7. The van der Waals surface area contributed by atoms with E-state index in [-0.39, 0.29) is 31.5 Å². The molecule has 0 fully saturated rings. The molecule has 6 heteroatoms. The molecule has 0 radical (unpaired) electrons. The van der Waals surface area contributed by atoms with Gasteiger partial charge in [0, 0.05) is 17.6 Å². The van der Waals surface area contributed by atoms with Crippen molar-refractivity contribution in [1.82, 2.24) is 10.2 Å². The Hall–Kier alpha value is -1.40. The van der Waals surface area contributed by atoms with Crippen LogP contribution in [0.15, 0.2) is 28.7 Å². The van der Waals surface area contributed by atoms with Gasteiger partial charge in [-0.2, -0.15) is 0 Å². The Morgan fingerprint density at radius 2 is 2.00 bits per heavy atom. The molecule has 0 aliphatic carbocycles. The molecule has 0 aliphatic heterocycles. The third-order valence-electron chi connectivity index (χ3n) is 2.73. The van der Waals surface area contributed by atoms with Crippen molar-refractivity contribution in [2.24, 2.45) is 0 Å². The number of carbonyl (C=O) groups is 2. The summed E-state index contributed by atoms with van der Waals surface area (Å²) in [7, 11) is 0. The molecule has 110 valence electrons. The minimum atomic E-state index is -0.300. The maximum Gasteiger partial charge on any atom is 0.252 e. The zero-order chi connectivity index (χ0) is 15.0.